The van der Waals surface area contributed by atoms with Crippen LogP contribution in [0, 0.1) is 22.7 Å². The normalized spacial score (nSPS) is 36.9. The van der Waals surface area contributed by atoms with Gasteiger partial charge in [0.05, 0.1) is 11.8 Å². The molecule has 3 unspecified atom stereocenters. The smallest absolute Gasteiger partial charge is 0.297 e. The highest BCUT2D eigenvalue weighted by Crippen LogP contribution is 2.70. The molecule has 3 aliphatic carbocycles. The summed E-state index contributed by atoms with van der Waals surface area (Å²) in [5, 5.41) is 10.9. The molecule has 158 valence electrons. The van der Waals surface area contributed by atoms with E-state index in [9.17, 15) is 23.2 Å². The van der Waals surface area contributed by atoms with E-state index in [0.29, 0.717) is 17.4 Å². The number of urea groups is 1. The van der Waals surface area contributed by atoms with E-state index in [2.05, 4.69) is 13.8 Å². The molecule has 2 bridgehead atoms. The van der Waals surface area contributed by atoms with Crippen molar-refractivity contribution in [3.63, 3.8) is 0 Å². The summed E-state index contributed by atoms with van der Waals surface area (Å²) in [5.74, 6) is 0.0135. The zero-order valence-corrected chi connectivity index (χ0v) is 17.9. The van der Waals surface area contributed by atoms with Crippen LogP contribution in [-0.4, -0.2) is 52.6 Å². The van der Waals surface area contributed by atoms with Crippen molar-refractivity contribution in [3.8, 4) is 0 Å². The Balaban J connectivity index is 1.56. The number of Topliss-reactive ketones (excluding diaryl/α,β-unsaturated/α-hetero) is 1. The van der Waals surface area contributed by atoms with Crippen LogP contribution in [-0.2, 0) is 14.8 Å². The lowest BCUT2D eigenvalue weighted by atomic mass is 9.69. The molecular weight excluding hydrogens is 380 g/mol. The van der Waals surface area contributed by atoms with Gasteiger partial charge in [-0.25, -0.2) is 17.5 Å². The average Bonchev–Trinajstić information content (AvgIpc) is 3.14. The number of sulfonamides is 1. The largest absolute Gasteiger partial charge is 0.358 e. The highest BCUT2D eigenvalue weighted by atomic mass is 32.2. The minimum absolute atomic E-state index is 0.0430. The predicted octanol–water partition coefficient (Wildman–Crippen LogP) is 3.18. The highest BCUT2D eigenvalue weighted by molar-refractivity contribution is 7.90. The Morgan fingerprint density at radius 1 is 1.14 bits per heavy atom. The summed E-state index contributed by atoms with van der Waals surface area (Å²) in [6.07, 6.45) is 7.03. The maximum Gasteiger partial charge on any atom is 0.358 e. The Labute approximate surface area is 167 Å². The lowest BCUT2D eigenvalue weighted by molar-refractivity contribution is -0.142. The van der Waals surface area contributed by atoms with Crippen molar-refractivity contribution < 1.29 is 23.2 Å². The molecule has 0 aromatic carbocycles. The van der Waals surface area contributed by atoms with Crippen molar-refractivity contribution in [2.45, 2.75) is 84.2 Å². The summed E-state index contributed by atoms with van der Waals surface area (Å²) in [6, 6.07) is -2.40. The van der Waals surface area contributed by atoms with Gasteiger partial charge in [-0.05, 0) is 50.4 Å². The standard InChI is InChI=1S/C20H32N2O5S/c1-13(17(23)14-7-5-4-6-8-14)21(25)18(24)22-16-11-15-9-10-20(16,19(15,2)3)12-28(22,26)27/h13-16,25H,4-12H2,1-3H3/t13-,15?,16?,20?/m1/s1. The van der Waals surface area contributed by atoms with Gasteiger partial charge in [0.1, 0.15) is 6.04 Å². The molecular formula is C20H32N2O5S. The second-order valence-electron chi connectivity index (χ2n) is 9.96. The minimum Gasteiger partial charge on any atom is -0.297 e. The Morgan fingerprint density at radius 2 is 1.79 bits per heavy atom. The third-order valence-corrected chi connectivity index (χ3v) is 10.5. The van der Waals surface area contributed by atoms with Crippen LogP contribution in [0.3, 0.4) is 0 Å². The fourth-order valence-electron chi connectivity index (χ4n) is 6.66. The van der Waals surface area contributed by atoms with E-state index < -0.39 is 33.6 Å². The number of rotatable bonds is 3. The van der Waals surface area contributed by atoms with Gasteiger partial charge in [-0.1, -0.05) is 33.1 Å². The quantitative estimate of drug-likeness (QED) is 0.567. The Bertz CT molecular complexity index is 788. The molecule has 3 saturated carbocycles. The molecule has 2 amide bonds. The molecule has 4 aliphatic rings. The van der Waals surface area contributed by atoms with E-state index in [-0.39, 0.29) is 22.9 Å². The summed E-state index contributed by atoms with van der Waals surface area (Å²) < 4.78 is 26.9. The highest BCUT2D eigenvalue weighted by Gasteiger charge is 2.72. The zero-order chi connectivity index (χ0) is 20.5. The van der Waals surface area contributed by atoms with Gasteiger partial charge in [0.2, 0.25) is 10.0 Å². The molecule has 4 rings (SSSR count). The van der Waals surface area contributed by atoms with Crippen molar-refractivity contribution in [3.05, 3.63) is 0 Å². The molecule has 8 heteroatoms. The molecule has 1 saturated heterocycles. The first-order valence-electron chi connectivity index (χ1n) is 10.6. The fraction of sp³-hybridized carbons (Fsp3) is 0.900. The van der Waals surface area contributed by atoms with E-state index in [4.69, 9.17) is 0 Å². The van der Waals surface area contributed by atoms with Crippen LogP contribution in [0.2, 0.25) is 0 Å². The summed E-state index contributed by atoms with van der Waals surface area (Å²) in [4.78, 5) is 25.8. The van der Waals surface area contributed by atoms with E-state index in [1.165, 1.54) is 6.92 Å². The number of hydrogen-bond donors (Lipinski definition) is 1. The van der Waals surface area contributed by atoms with Gasteiger partial charge in [0.15, 0.2) is 5.78 Å². The second kappa shape index (κ2) is 6.42. The molecule has 1 heterocycles. The Morgan fingerprint density at radius 3 is 2.39 bits per heavy atom. The fourth-order valence-corrected chi connectivity index (χ4v) is 9.15. The molecule has 1 aliphatic heterocycles. The molecule has 0 aromatic heterocycles. The topological polar surface area (TPSA) is 95.0 Å². The lowest BCUT2D eigenvalue weighted by Crippen LogP contribution is -2.53. The van der Waals surface area contributed by atoms with Gasteiger partial charge in [0.25, 0.3) is 0 Å². The molecule has 4 atom stereocenters. The summed E-state index contributed by atoms with van der Waals surface area (Å²) in [7, 11) is -3.82. The first-order chi connectivity index (χ1) is 13.0. The molecule has 0 radical (unpaired) electrons. The van der Waals surface area contributed by atoms with Crippen LogP contribution in [0.4, 0.5) is 4.79 Å². The number of hydrogen-bond acceptors (Lipinski definition) is 5. The number of ketones is 1. The first kappa shape index (κ1) is 20.1. The van der Waals surface area contributed by atoms with Crippen LogP contribution in [0.25, 0.3) is 0 Å². The van der Waals surface area contributed by atoms with E-state index >= 15 is 0 Å². The number of amides is 2. The number of carbonyl (C=O) groups excluding carboxylic acids is 2. The third-order valence-electron chi connectivity index (χ3n) is 8.58. The summed E-state index contributed by atoms with van der Waals surface area (Å²) in [5.41, 5.74) is -0.590. The van der Waals surface area contributed by atoms with Gasteiger partial charge in [-0.2, -0.15) is 5.06 Å². The molecule has 1 spiro atoms. The number of hydroxylamine groups is 2. The molecule has 4 fully saturated rings. The van der Waals surface area contributed by atoms with Crippen molar-refractivity contribution >= 4 is 21.8 Å². The number of nitrogens with zero attached hydrogens (tertiary/aromatic N) is 2. The lowest BCUT2D eigenvalue weighted by Gasteiger charge is -2.37. The third kappa shape index (κ3) is 2.59. The van der Waals surface area contributed by atoms with Crippen molar-refractivity contribution in [2.24, 2.45) is 22.7 Å². The SMILES string of the molecule is C[C@H](C(=O)C1CCCCC1)N(O)C(=O)N1C2CC3CCC2(CS1(=O)=O)C3(C)C. The van der Waals surface area contributed by atoms with Gasteiger partial charge in [0, 0.05) is 11.3 Å². The molecule has 7 nitrogen and oxygen atoms in total. The van der Waals surface area contributed by atoms with Gasteiger partial charge < -0.3 is 0 Å². The van der Waals surface area contributed by atoms with Crippen LogP contribution in [0.5, 0.6) is 0 Å². The predicted molar refractivity (Wildman–Crippen MR) is 103 cm³/mol. The van der Waals surface area contributed by atoms with Crippen molar-refractivity contribution in [1.82, 2.24) is 9.37 Å². The van der Waals surface area contributed by atoms with Crippen LogP contribution < -0.4 is 0 Å². The maximum absolute atomic E-state index is 13.1. The monoisotopic (exact) mass is 412 g/mol. The van der Waals surface area contributed by atoms with Crippen LogP contribution >= 0.6 is 0 Å². The molecule has 1 N–H and O–H groups in total. The van der Waals surface area contributed by atoms with E-state index in [1.54, 1.807) is 0 Å². The first-order valence-corrected chi connectivity index (χ1v) is 12.2. The number of fused-ring (bicyclic) bond motifs is 1. The van der Waals surface area contributed by atoms with Crippen molar-refractivity contribution in [1.29, 1.82) is 0 Å². The summed E-state index contributed by atoms with van der Waals surface area (Å²) in [6.45, 7) is 5.72. The van der Waals surface area contributed by atoms with Crippen molar-refractivity contribution in [2.75, 3.05) is 5.75 Å². The molecule has 28 heavy (non-hydrogen) atoms. The maximum atomic E-state index is 13.1. The van der Waals surface area contributed by atoms with E-state index in [0.717, 1.165) is 49.3 Å². The van der Waals surface area contributed by atoms with E-state index in [1.807, 2.05) is 0 Å². The minimum atomic E-state index is -3.82. The Kier molecular flexibility index (Phi) is 4.62. The average molecular weight is 413 g/mol. The number of carbonyl (C=O) groups is 2. The molecule has 0 aromatic rings. The summed E-state index contributed by atoms with van der Waals surface area (Å²) >= 11 is 0. The van der Waals surface area contributed by atoms with Gasteiger partial charge in [-0.3, -0.25) is 10.0 Å². The van der Waals surface area contributed by atoms with Gasteiger partial charge in [-0.15, -0.1) is 0 Å². The zero-order valence-electron chi connectivity index (χ0n) is 17.1. The Hall–Kier alpha value is -1.15. The van der Waals surface area contributed by atoms with Crippen LogP contribution in [0.15, 0.2) is 0 Å². The second-order valence-corrected chi connectivity index (χ2v) is 11.8. The van der Waals surface area contributed by atoms with Gasteiger partial charge >= 0.3 is 6.03 Å². The van der Waals surface area contributed by atoms with Crippen LogP contribution in [0.1, 0.15) is 72.1 Å².